The Hall–Kier alpha value is -1.68. The van der Waals surface area contributed by atoms with Gasteiger partial charge in [0.2, 0.25) is 0 Å². The average Bonchev–Trinajstić information content (AvgIpc) is 2.49. The third-order valence-corrected chi connectivity index (χ3v) is 6.63. The Bertz CT molecular complexity index is 818. The van der Waals surface area contributed by atoms with Crippen LogP contribution in [0.3, 0.4) is 0 Å². The summed E-state index contributed by atoms with van der Waals surface area (Å²) in [6.07, 6.45) is 0. The molecule has 0 aliphatic carbocycles. The molecule has 130 valence electrons. The van der Waals surface area contributed by atoms with E-state index in [2.05, 4.69) is 96.1 Å². The van der Waals surface area contributed by atoms with Crippen LogP contribution in [0.15, 0.2) is 54.6 Å². The lowest BCUT2D eigenvalue weighted by atomic mass is 10.0. The Balaban J connectivity index is 2.30. The first kappa shape index (κ1) is 18.1. The van der Waals surface area contributed by atoms with Gasteiger partial charge in [0, 0.05) is 10.8 Å². The van der Waals surface area contributed by atoms with E-state index in [9.17, 15) is 0 Å². The minimum Gasteiger partial charge on any atom is -0.502 e. The molecule has 0 fully saturated rings. The van der Waals surface area contributed by atoms with Crippen molar-refractivity contribution in [2.45, 2.75) is 52.6 Å². The van der Waals surface area contributed by atoms with E-state index in [0.717, 1.165) is 0 Å². The van der Waals surface area contributed by atoms with E-state index < -0.39 is 9.12 Å². The van der Waals surface area contributed by atoms with Gasteiger partial charge in [0.25, 0.3) is 0 Å². The second-order valence-corrected chi connectivity index (χ2v) is 10.2. The zero-order valence-electron chi connectivity index (χ0n) is 16.1. The van der Waals surface area contributed by atoms with Gasteiger partial charge in [-0.05, 0) is 16.8 Å². The van der Waals surface area contributed by atoms with E-state index in [1.807, 2.05) is 0 Å². The van der Waals surface area contributed by atoms with Gasteiger partial charge in [0.05, 0.1) is 5.19 Å². The van der Waals surface area contributed by atoms with Crippen molar-refractivity contribution in [3.05, 3.63) is 64.6 Å². The largest absolute Gasteiger partial charge is 0.502 e. The van der Waals surface area contributed by atoms with Gasteiger partial charge in [-0.15, -0.1) is 11.1 Å². The van der Waals surface area contributed by atoms with Crippen LogP contribution in [0.25, 0.3) is 31.5 Å². The summed E-state index contributed by atoms with van der Waals surface area (Å²) in [6, 6.07) is 19.6. The average molecular weight is 348 g/mol. The highest BCUT2D eigenvalue weighted by Gasteiger charge is 2.23. The second-order valence-electron chi connectivity index (χ2n) is 8.58. The van der Waals surface area contributed by atoms with Gasteiger partial charge in [0.15, 0.2) is 9.12 Å². The van der Waals surface area contributed by atoms with E-state index in [-0.39, 0.29) is 11.1 Å². The van der Waals surface area contributed by atoms with Crippen molar-refractivity contribution >= 4 is 35.9 Å². The molecule has 0 amide bonds. The zero-order chi connectivity index (χ0) is 18.2. The zero-order valence-corrected chi connectivity index (χ0v) is 17.1. The minimum atomic E-state index is -1.44. The Morgan fingerprint density at radius 1 is 0.640 bits per heavy atom. The predicted molar refractivity (Wildman–Crippen MR) is 113 cm³/mol. The molecule has 0 aliphatic rings. The van der Waals surface area contributed by atoms with E-state index in [1.54, 1.807) is 0 Å². The monoisotopic (exact) mass is 347 g/mol. The third-order valence-electron chi connectivity index (χ3n) is 3.88. The standard InChI is InChI=1S/C22H27N2Si/c1-21(2,3)23-25(24-22(4,5)6)20-18-13-9-7-11-16(18)15-17-12-8-10-14-19(17)20/h7-15H,1-6H3/q-1. The summed E-state index contributed by atoms with van der Waals surface area (Å²) in [5.41, 5.74) is -0.220. The maximum atomic E-state index is 5.20. The Morgan fingerprint density at radius 3 is 1.44 bits per heavy atom. The fraction of sp³-hybridized carbons (Fsp3) is 0.364. The fourth-order valence-electron chi connectivity index (χ4n) is 3.03. The number of hydrogen-bond acceptors (Lipinski definition) is 0. The van der Waals surface area contributed by atoms with Crippen molar-refractivity contribution < 1.29 is 0 Å². The maximum Gasteiger partial charge on any atom is 0.153 e. The highest BCUT2D eigenvalue weighted by atomic mass is 28.3. The van der Waals surface area contributed by atoms with Gasteiger partial charge < -0.3 is 9.96 Å². The molecule has 0 aromatic heterocycles. The van der Waals surface area contributed by atoms with Crippen LogP contribution in [0.1, 0.15) is 41.5 Å². The normalized spacial score (nSPS) is 12.7. The van der Waals surface area contributed by atoms with Crippen LogP contribution in [-0.2, 0) is 0 Å². The smallest absolute Gasteiger partial charge is 0.153 e. The fourth-order valence-corrected chi connectivity index (χ4v) is 5.51. The van der Waals surface area contributed by atoms with E-state index in [4.69, 9.17) is 9.96 Å². The lowest BCUT2D eigenvalue weighted by molar-refractivity contribution is 0.664. The molecule has 3 aromatic carbocycles. The molecule has 3 heteroatoms. The van der Waals surface area contributed by atoms with Crippen LogP contribution in [0.4, 0.5) is 0 Å². The molecule has 0 saturated heterocycles. The van der Waals surface area contributed by atoms with Crippen molar-refractivity contribution in [1.82, 2.24) is 0 Å². The third kappa shape index (κ3) is 4.29. The molecular formula is C22H27N2Si-. The Labute approximate surface area is 153 Å². The lowest BCUT2D eigenvalue weighted by Gasteiger charge is -2.44. The highest BCUT2D eigenvalue weighted by molar-refractivity contribution is 6.85. The molecule has 2 nitrogen and oxygen atoms in total. The predicted octanol–water partition coefficient (Wildman–Crippen LogP) is 6.03. The first-order valence-corrected chi connectivity index (χ1v) is 10.3. The number of hydrogen-bond donors (Lipinski definition) is 0. The van der Waals surface area contributed by atoms with Crippen molar-refractivity contribution in [3.8, 4) is 0 Å². The molecule has 3 aromatic rings. The minimum absolute atomic E-state index is 0.110. The van der Waals surface area contributed by atoms with Gasteiger partial charge in [-0.25, -0.2) is 0 Å². The van der Waals surface area contributed by atoms with Crippen molar-refractivity contribution in [3.63, 3.8) is 0 Å². The summed E-state index contributed by atoms with van der Waals surface area (Å²) in [7, 11) is -1.44. The number of rotatable bonds is 3. The topological polar surface area (TPSA) is 28.2 Å². The van der Waals surface area contributed by atoms with E-state index >= 15 is 0 Å². The van der Waals surface area contributed by atoms with Gasteiger partial charge in [-0.3, -0.25) is 0 Å². The summed E-state index contributed by atoms with van der Waals surface area (Å²) >= 11 is 0. The summed E-state index contributed by atoms with van der Waals surface area (Å²) in [4.78, 5) is 10.4. The molecule has 3 rings (SSSR count). The molecule has 25 heavy (non-hydrogen) atoms. The van der Waals surface area contributed by atoms with Crippen LogP contribution in [0.2, 0.25) is 0 Å². The quantitative estimate of drug-likeness (QED) is 0.408. The Kier molecular flexibility index (Phi) is 4.75. The van der Waals surface area contributed by atoms with Gasteiger partial charge in [0.1, 0.15) is 0 Å². The molecule has 0 spiro atoms. The van der Waals surface area contributed by atoms with Crippen molar-refractivity contribution in [2.24, 2.45) is 0 Å². The van der Waals surface area contributed by atoms with E-state index in [0.29, 0.717) is 0 Å². The first-order chi connectivity index (χ1) is 11.6. The van der Waals surface area contributed by atoms with Crippen molar-refractivity contribution in [2.75, 3.05) is 0 Å². The van der Waals surface area contributed by atoms with Crippen LogP contribution >= 0.6 is 0 Å². The van der Waals surface area contributed by atoms with Crippen LogP contribution < -0.4 is 5.19 Å². The van der Waals surface area contributed by atoms with Crippen LogP contribution in [0.5, 0.6) is 0 Å². The molecule has 0 atom stereocenters. The number of benzene rings is 3. The summed E-state index contributed by atoms with van der Waals surface area (Å²) < 4.78 is 0. The van der Waals surface area contributed by atoms with Gasteiger partial charge in [-0.2, -0.15) is 0 Å². The molecule has 0 N–H and O–H groups in total. The molecule has 0 unspecified atom stereocenters. The van der Waals surface area contributed by atoms with Crippen LogP contribution in [0, 0.1) is 0 Å². The summed E-state index contributed by atoms with van der Waals surface area (Å²) in [5, 5.41) is 6.44. The molecule has 0 radical (unpaired) electrons. The molecule has 0 aliphatic heterocycles. The SMILES string of the molecule is CC(C)(C)[N-][Si+]([N-]C(C)(C)C)c1c2ccccc2cc2ccccc12. The Morgan fingerprint density at radius 2 is 1.04 bits per heavy atom. The van der Waals surface area contributed by atoms with Gasteiger partial charge in [-0.1, -0.05) is 90.1 Å². The lowest BCUT2D eigenvalue weighted by Crippen LogP contribution is -2.40. The summed E-state index contributed by atoms with van der Waals surface area (Å²) in [6.45, 7) is 13.0. The highest BCUT2D eigenvalue weighted by Crippen LogP contribution is 2.30. The molecule has 0 saturated carbocycles. The molecular weight excluding hydrogens is 320 g/mol. The first-order valence-electron chi connectivity index (χ1n) is 8.88. The van der Waals surface area contributed by atoms with E-state index in [1.165, 1.54) is 26.7 Å². The number of fused-ring (bicyclic) bond motifs is 2. The van der Waals surface area contributed by atoms with Gasteiger partial charge >= 0.3 is 0 Å². The summed E-state index contributed by atoms with van der Waals surface area (Å²) in [5.74, 6) is 0. The van der Waals surface area contributed by atoms with Crippen molar-refractivity contribution in [1.29, 1.82) is 0 Å². The number of nitrogens with zero attached hydrogens (tertiary/aromatic N) is 2. The molecule has 0 heterocycles. The second kappa shape index (κ2) is 6.56. The molecule has 0 bridgehead atoms. The van der Waals surface area contributed by atoms with Crippen LogP contribution in [-0.4, -0.2) is 20.2 Å². The maximum absolute atomic E-state index is 5.20.